The molecule has 126 valence electrons. The Morgan fingerprint density at radius 2 is 1.96 bits per heavy atom. The predicted molar refractivity (Wildman–Crippen MR) is 91.8 cm³/mol. The summed E-state index contributed by atoms with van der Waals surface area (Å²) in [4.78, 5) is 11.8. The molecular formula is C21H30O2. The Morgan fingerprint density at radius 3 is 2.70 bits per heavy atom. The van der Waals surface area contributed by atoms with E-state index < -0.39 is 0 Å². The molecule has 0 saturated heterocycles. The van der Waals surface area contributed by atoms with E-state index >= 15 is 0 Å². The molecule has 0 bridgehead atoms. The van der Waals surface area contributed by atoms with Crippen molar-refractivity contribution in [1.29, 1.82) is 0 Å². The van der Waals surface area contributed by atoms with Crippen molar-refractivity contribution in [3.8, 4) is 0 Å². The summed E-state index contributed by atoms with van der Waals surface area (Å²) in [5, 5.41) is 10.3. The quantitative estimate of drug-likeness (QED) is 0.784. The van der Waals surface area contributed by atoms with Gasteiger partial charge in [0, 0.05) is 6.42 Å². The number of aliphatic hydroxyl groups excluding tert-OH is 1. The fraction of sp³-hybridized carbons (Fsp3) is 0.762. The minimum absolute atomic E-state index is 0.188. The van der Waals surface area contributed by atoms with Crippen LogP contribution >= 0.6 is 0 Å². The van der Waals surface area contributed by atoms with Gasteiger partial charge in [-0.2, -0.15) is 0 Å². The monoisotopic (exact) mass is 314 g/mol. The van der Waals surface area contributed by atoms with Gasteiger partial charge in [0.15, 0.2) is 5.78 Å². The molecule has 0 aromatic rings. The van der Waals surface area contributed by atoms with E-state index in [1.165, 1.54) is 31.3 Å². The highest BCUT2D eigenvalue weighted by Crippen LogP contribution is 2.65. The minimum atomic E-state index is -0.188. The number of carbonyl (C=O) groups is 1. The van der Waals surface area contributed by atoms with E-state index in [9.17, 15) is 9.90 Å². The Balaban J connectivity index is 1.71. The lowest BCUT2D eigenvalue weighted by Crippen LogP contribution is -2.49. The van der Waals surface area contributed by atoms with Gasteiger partial charge in [-0.05, 0) is 85.2 Å². The highest BCUT2D eigenvalue weighted by molar-refractivity contribution is 5.92. The number of hydrogen-bond acceptors (Lipinski definition) is 2. The normalized spacial score (nSPS) is 49.9. The first-order chi connectivity index (χ1) is 10.9. The molecule has 0 radical (unpaired) electrons. The van der Waals surface area contributed by atoms with Gasteiger partial charge in [-0.3, -0.25) is 4.79 Å². The third-order valence-electron chi connectivity index (χ3n) is 8.17. The lowest BCUT2D eigenvalue weighted by Gasteiger charge is -2.56. The van der Waals surface area contributed by atoms with Crippen molar-refractivity contribution >= 4 is 5.78 Å². The minimum Gasteiger partial charge on any atom is -0.393 e. The smallest absolute Gasteiger partial charge is 0.156 e. The van der Waals surface area contributed by atoms with Crippen LogP contribution in [0, 0.1) is 34.5 Å². The maximum absolute atomic E-state index is 11.8. The summed E-state index contributed by atoms with van der Waals surface area (Å²) in [5.41, 5.74) is 1.77. The maximum atomic E-state index is 11.8. The largest absolute Gasteiger partial charge is 0.393 e. The summed E-state index contributed by atoms with van der Waals surface area (Å²) in [7, 11) is 0. The molecule has 2 heteroatoms. The van der Waals surface area contributed by atoms with Crippen LogP contribution in [0.15, 0.2) is 23.8 Å². The number of hydrogen-bond donors (Lipinski definition) is 1. The SMILES string of the molecule is CC(O)[C@H]1CC[C@H]2[C@@H]3C=CC4=CC(=O)CC[C@@]4(C)[C@@H]3CC[C@]12C. The van der Waals surface area contributed by atoms with E-state index in [4.69, 9.17) is 0 Å². The Morgan fingerprint density at radius 1 is 1.17 bits per heavy atom. The molecule has 0 aromatic heterocycles. The second-order valence-corrected chi connectivity index (χ2v) is 9.10. The van der Waals surface area contributed by atoms with E-state index in [0.29, 0.717) is 34.9 Å². The summed E-state index contributed by atoms with van der Waals surface area (Å²) in [6.07, 6.45) is 13.1. The summed E-state index contributed by atoms with van der Waals surface area (Å²) >= 11 is 0. The van der Waals surface area contributed by atoms with Crippen LogP contribution < -0.4 is 0 Å². The number of ketones is 1. The molecule has 7 atom stereocenters. The van der Waals surface area contributed by atoms with Crippen LogP contribution in [0.4, 0.5) is 0 Å². The molecule has 4 rings (SSSR count). The van der Waals surface area contributed by atoms with Gasteiger partial charge in [-0.1, -0.05) is 26.0 Å². The first-order valence-corrected chi connectivity index (χ1v) is 9.47. The predicted octanol–water partition coefficient (Wildman–Crippen LogP) is 4.29. The van der Waals surface area contributed by atoms with Crippen molar-refractivity contribution in [3.05, 3.63) is 23.8 Å². The molecule has 4 aliphatic carbocycles. The van der Waals surface area contributed by atoms with Crippen molar-refractivity contribution in [2.75, 3.05) is 0 Å². The zero-order valence-corrected chi connectivity index (χ0v) is 14.7. The number of fused-ring (bicyclic) bond motifs is 5. The highest BCUT2D eigenvalue weighted by atomic mass is 16.3. The summed E-state index contributed by atoms with van der Waals surface area (Å²) < 4.78 is 0. The van der Waals surface area contributed by atoms with Gasteiger partial charge in [0.05, 0.1) is 6.10 Å². The lowest BCUT2D eigenvalue weighted by molar-refractivity contribution is -0.116. The number of aliphatic hydroxyl groups is 1. The molecule has 0 aliphatic heterocycles. The van der Waals surface area contributed by atoms with Crippen molar-refractivity contribution in [2.45, 2.75) is 65.4 Å². The molecule has 2 fully saturated rings. The molecule has 0 spiro atoms. The zero-order chi connectivity index (χ0) is 16.4. The van der Waals surface area contributed by atoms with E-state index in [1.54, 1.807) is 0 Å². The summed E-state index contributed by atoms with van der Waals surface area (Å²) in [6.45, 7) is 6.82. The summed E-state index contributed by atoms with van der Waals surface area (Å²) in [5.74, 6) is 2.77. The van der Waals surface area contributed by atoms with E-state index in [2.05, 4.69) is 26.0 Å². The van der Waals surface area contributed by atoms with Crippen molar-refractivity contribution in [1.82, 2.24) is 0 Å². The highest BCUT2D eigenvalue weighted by Gasteiger charge is 2.58. The number of rotatable bonds is 1. The van der Waals surface area contributed by atoms with Gasteiger partial charge >= 0.3 is 0 Å². The van der Waals surface area contributed by atoms with Crippen LogP contribution in [0.2, 0.25) is 0 Å². The molecule has 23 heavy (non-hydrogen) atoms. The van der Waals surface area contributed by atoms with E-state index in [-0.39, 0.29) is 11.5 Å². The van der Waals surface area contributed by atoms with Gasteiger partial charge in [0.1, 0.15) is 0 Å². The number of allylic oxidation sites excluding steroid dienone is 4. The van der Waals surface area contributed by atoms with E-state index in [0.717, 1.165) is 12.8 Å². The molecule has 1 N–H and O–H groups in total. The van der Waals surface area contributed by atoms with Crippen LogP contribution in [0.5, 0.6) is 0 Å². The lowest BCUT2D eigenvalue weighted by atomic mass is 9.48. The fourth-order valence-corrected chi connectivity index (χ4v) is 6.83. The van der Waals surface area contributed by atoms with Gasteiger partial charge < -0.3 is 5.11 Å². The van der Waals surface area contributed by atoms with Gasteiger partial charge in [0.2, 0.25) is 0 Å². The topological polar surface area (TPSA) is 37.3 Å². The molecule has 0 amide bonds. The molecule has 1 unspecified atom stereocenters. The third-order valence-corrected chi connectivity index (χ3v) is 8.17. The maximum Gasteiger partial charge on any atom is 0.156 e. The van der Waals surface area contributed by atoms with Crippen molar-refractivity contribution in [2.24, 2.45) is 34.5 Å². The first kappa shape index (κ1) is 15.6. The van der Waals surface area contributed by atoms with Crippen LogP contribution in [0.25, 0.3) is 0 Å². The molecule has 2 nitrogen and oxygen atoms in total. The zero-order valence-electron chi connectivity index (χ0n) is 14.7. The standard InChI is InChI=1S/C21H30O2/c1-13(22)17-6-7-18-16-5-4-14-12-15(23)8-10-20(14,2)19(16)9-11-21(17,18)3/h4-5,12-13,16-19,22H,6-11H2,1-3H3/t13?,16-,17+,18-,19+,20+,21+/m0/s1. The van der Waals surface area contributed by atoms with E-state index in [1.807, 2.05) is 13.0 Å². The molecule has 2 saturated carbocycles. The van der Waals surface area contributed by atoms with Crippen LogP contribution in [0.1, 0.15) is 59.3 Å². The van der Waals surface area contributed by atoms with Gasteiger partial charge in [-0.25, -0.2) is 0 Å². The second-order valence-electron chi connectivity index (χ2n) is 9.10. The Labute approximate surface area is 140 Å². The average molecular weight is 314 g/mol. The Hall–Kier alpha value is -0.890. The van der Waals surface area contributed by atoms with Gasteiger partial charge in [-0.15, -0.1) is 0 Å². The Kier molecular flexibility index (Phi) is 3.43. The number of carbonyl (C=O) groups excluding carboxylic acids is 1. The second kappa shape index (κ2) is 5.05. The van der Waals surface area contributed by atoms with Crippen molar-refractivity contribution in [3.63, 3.8) is 0 Å². The van der Waals surface area contributed by atoms with Crippen LogP contribution in [-0.4, -0.2) is 17.0 Å². The average Bonchev–Trinajstić information content (AvgIpc) is 2.85. The molecular weight excluding hydrogens is 284 g/mol. The van der Waals surface area contributed by atoms with Gasteiger partial charge in [0.25, 0.3) is 0 Å². The van der Waals surface area contributed by atoms with Crippen molar-refractivity contribution < 1.29 is 9.90 Å². The molecule has 0 heterocycles. The third kappa shape index (κ3) is 2.06. The molecule has 4 aliphatic rings. The molecule has 0 aromatic carbocycles. The fourth-order valence-electron chi connectivity index (χ4n) is 6.83. The van der Waals surface area contributed by atoms with Crippen LogP contribution in [0.3, 0.4) is 0 Å². The first-order valence-electron chi connectivity index (χ1n) is 9.47. The van der Waals surface area contributed by atoms with Crippen LogP contribution in [-0.2, 0) is 4.79 Å². The summed E-state index contributed by atoms with van der Waals surface area (Å²) in [6, 6.07) is 0. The Bertz CT molecular complexity index is 587.